The van der Waals surface area contributed by atoms with E-state index in [-0.39, 0.29) is 0 Å². The van der Waals surface area contributed by atoms with Crippen LogP contribution in [0, 0.1) is 6.92 Å². The third kappa shape index (κ3) is 3.75. The SMILES string of the molecule is CNC(CSc1ccc(Cl)cc1)c1ccc(C)s1. The standard InChI is InChI=1S/C14H16ClNS2/c1-10-3-8-14(18-10)13(16-2)9-17-12-6-4-11(15)5-7-12/h3-8,13,16H,9H2,1-2H3. The molecule has 0 aliphatic carbocycles. The lowest BCUT2D eigenvalue weighted by molar-refractivity contribution is 0.673. The van der Waals surface area contributed by atoms with E-state index in [4.69, 9.17) is 11.6 Å². The molecular formula is C14H16ClNS2. The van der Waals surface area contributed by atoms with Crippen LogP contribution < -0.4 is 5.32 Å². The van der Waals surface area contributed by atoms with Crippen molar-refractivity contribution in [2.45, 2.75) is 17.9 Å². The van der Waals surface area contributed by atoms with Crippen molar-refractivity contribution in [1.29, 1.82) is 0 Å². The molecule has 1 unspecified atom stereocenters. The molecule has 96 valence electrons. The lowest BCUT2D eigenvalue weighted by Gasteiger charge is -2.14. The third-order valence-electron chi connectivity index (χ3n) is 2.68. The minimum atomic E-state index is 0.407. The highest BCUT2D eigenvalue weighted by Gasteiger charge is 2.11. The average Bonchev–Trinajstić information content (AvgIpc) is 2.79. The normalized spacial score (nSPS) is 12.6. The van der Waals surface area contributed by atoms with Crippen LogP contribution in [-0.2, 0) is 0 Å². The molecule has 1 N–H and O–H groups in total. The Kier molecular flexibility index (Phi) is 5.13. The van der Waals surface area contributed by atoms with Crippen LogP contribution in [0.3, 0.4) is 0 Å². The number of benzene rings is 1. The second-order valence-electron chi connectivity index (χ2n) is 4.05. The maximum absolute atomic E-state index is 5.88. The third-order valence-corrected chi connectivity index (χ3v) is 5.16. The van der Waals surface area contributed by atoms with Gasteiger partial charge in [0.15, 0.2) is 0 Å². The first-order valence-electron chi connectivity index (χ1n) is 5.81. The van der Waals surface area contributed by atoms with Gasteiger partial charge in [0.1, 0.15) is 0 Å². The fourth-order valence-electron chi connectivity index (χ4n) is 1.66. The molecule has 0 aliphatic heterocycles. The van der Waals surface area contributed by atoms with Crippen molar-refractivity contribution in [3.8, 4) is 0 Å². The van der Waals surface area contributed by atoms with E-state index in [9.17, 15) is 0 Å². The monoisotopic (exact) mass is 297 g/mol. The molecule has 4 heteroatoms. The van der Waals surface area contributed by atoms with Gasteiger partial charge in [0.05, 0.1) is 6.04 Å². The number of aryl methyl sites for hydroxylation is 1. The predicted octanol–water partition coefficient (Wildman–Crippen LogP) is 4.76. The Morgan fingerprint density at radius 3 is 2.50 bits per heavy atom. The summed E-state index contributed by atoms with van der Waals surface area (Å²) < 4.78 is 0. The molecule has 1 atom stereocenters. The van der Waals surface area contributed by atoms with Gasteiger partial charge in [0, 0.05) is 25.4 Å². The smallest absolute Gasteiger partial charge is 0.0507 e. The zero-order valence-electron chi connectivity index (χ0n) is 10.4. The van der Waals surface area contributed by atoms with Crippen LogP contribution in [-0.4, -0.2) is 12.8 Å². The van der Waals surface area contributed by atoms with Crippen molar-refractivity contribution in [2.24, 2.45) is 0 Å². The summed E-state index contributed by atoms with van der Waals surface area (Å²) in [6.07, 6.45) is 0. The van der Waals surface area contributed by atoms with Crippen LogP contribution in [0.25, 0.3) is 0 Å². The summed E-state index contributed by atoms with van der Waals surface area (Å²) in [7, 11) is 2.02. The van der Waals surface area contributed by atoms with E-state index in [2.05, 4.69) is 36.5 Å². The molecule has 2 aromatic rings. The first-order valence-corrected chi connectivity index (χ1v) is 7.99. The zero-order chi connectivity index (χ0) is 13.0. The second-order valence-corrected chi connectivity index (χ2v) is 6.90. The summed E-state index contributed by atoms with van der Waals surface area (Å²) in [6, 6.07) is 12.8. The molecule has 0 fully saturated rings. The summed E-state index contributed by atoms with van der Waals surface area (Å²) in [5, 5.41) is 4.17. The Balaban J connectivity index is 1.97. The number of rotatable bonds is 5. The minimum absolute atomic E-state index is 0.407. The maximum atomic E-state index is 5.88. The van der Waals surface area contributed by atoms with E-state index < -0.39 is 0 Å². The van der Waals surface area contributed by atoms with Crippen LogP contribution in [0.5, 0.6) is 0 Å². The topological polar surface area (TPSA) is 12.0 Å². The molecule has 1 aromatic carbocycles. The molecule has 0 amide bonds. The van der Waals surface area contributed by atoms with Crippen molar-refractivity contribution in [3.05, 3.63) is 51.2 Å². The first kappa shape index (κ1) is 13.9. The van der Waals surface area contributed by atoms with Gasteiger partial charge in [-0.25, -0.2) is 0 Å². The Hall–Kier alpha value is -0.480. The molecule has 1 nitrogen and oxygen atoms in total. The second kappa shape index (κ2) is 6.62. The Morgan fingerprint density at radius 1 is 1.22 bits per heavy atom. The summed E-state index contributed by atoms with van der Waals surface area (Å²) in [5.41, 5.74) is 0. The van der Waals surface area contributed by atoms with Gasteiger partial charge in [-0.1, -0.05) is 11.6 Å². The number of thiophene rings is 1. The molecule has 1 aromatic heterocycles. The van der Waals surface area contributed by atoms with Gasteiger partial charge in [-0.2, -0.15) is 0 Å². The van der Waals surface area contributed by atoms with E-state index in [1.54, 1.807) is 0 Å². The summed E-state index contributed by atoms with van der Waals surface area (Å²) in [5.74, 6) is 1.03. The Morgan fingerprint density at radius 2 is 1.94 bits per heavy atom. The number of halogens is 1. The number of nitrogens with one attached hydrogen (secondary N) is 1. The van der Waals surface area contributed by atoms with E-state index in [0.29, 0.717) is 6.04 Å². The van der Waals surface area contributed by atoms with Crippen molar-refractivity contribution in [2.75, 3.05) is 12.8 Å². The van der Waals surface area contributed by atoms with Crippen LogP contribution in [0.15, 0.2) is 41.3 Å². The van der Waals surface area contributed by atoms with Crippen molar-refractivity contribution < 1.29 is 0 Å². The molecule has 2 rings (SSSR count). The van der Waals surface area contributed by atoms with Crippen LogP contribution >= 0.6 is 34.7 Å². The quantitative estimate of drug-likeness (QED) is 0.798. The van der Waals surface area contributed by atoms with Gasteiger partial charge in [-0.05, 0) is 50.4 Å². The highest BCUT2D eigenvalue weighted by atomic mass is 35.5. The highest BCUT2D eigenvalue weighted by Crippen LogP contribution is 2.29. The van der Waals surface area contributed by atoms with Gasteiger partial charge < -0.3 is 5.32 Å². The Labute approximate surface area is 122 Å². The van der Waals surface area contributed by atoms with Gasteiger partial charge in [0.2, 0.25) is 0 Å². The van der Waals surface area contributed by atoms with Crippen molar-refractivity contribution in [3.63, 3.8) is 0 Å². The lowest BCUT2D eigenvalue weighted by atomic mass is 10.3. The molecule has 0 aliphatic rings. The fourth-order valence-corrected chi connectivity index (χ4v) is 3.91. The van der Waals surface area contributed by atoms with Crippen LogP contribution in [0.2, 0.25) is 5.02 Å². The van der Waals surface area contributed by atoms with Crippen molar-refractivity contribution in [1.82, 2.24) is 5.32 Å². The Bertz CT molecular complexity index is 493. The van der Waals surface area contributed by atoms with Crippen LogP contribution in [0.4, 0.5) is 0 Å². The van der Waals surface area contributed by atoms with Gasteiger partial charge in [0.25, 0.3) is 0 Å². The van der Waals surface area contributed by atoms with Gasteiger partial charge in [-0.15, -0.1) is 23.1 Å². The molecule has 0 radical (unpaired) electrons. The molecule has 1 heterocycles. The van der Waals surface area contributed by atoms with Gasteiger partial charge >= 0.3 is 0 Å². The van der Waals surface area contributed by atoms with Crippen LogP contribution in [0.1, 0.15) is 15.8 Å². The minimum Gasteiger partial charge on any atom is -0.312 e. The molecule has 18 heavy (non-hydrogen) atoms. The van der Waals surface area contributed by atoms with E-state index in [1.165, 1.54) is 14.6 Å². The van der Waals surface area contributed by atoms with E-state index >= 15 is 0 Å². The summed E-state index contributed by atoms with van der Waals surface area (Å²) >= 11 is 9.59. The largest absolute Gasteiger partial charge is 0.312 e. The van der Waals surface area contributed by atoms with Gasteiger partial charge in [-0.3, -0.25) is 0 Å². The van der Waals surface area contributed by atoms with E-state index in [1.807, 2.05) is 42.3 Å². The molecule has 0 saturated heterocycles. The highest BCUT2D eigenvalue weighted by molar-refractivity contribution is 7.99. The van der Waals surface area contributed by atoms with Crippen molar-refractivity contribution >= 4 is 34.7 Å². The average molecular weight is 298 g/mol. The molecule has 0 bridgehead atoms. The maximum Gasteiger partial charge on any atom is 0.0507 e. The lowest BCUT2D eigenvalue weighted by Crippen LogP contribution is -2.17. The zero-order valence-corrected chi connectivity index (χ0v) is 12.8. The van der Waals surface area contributed by atoms with E-state index in [0.717, 1.165) is 10.8 Å². The molecular weight excluding hydrogens is 282 g/mol. The number of thioether (sulfide) groups is 1. The number of hydrogen-bond acceptors (Lipinski definition) is 3. The number of hydrogen-bond donors (Lipinski definition) is 1. The predicted molar refractivity (Wildman–Crippen MR) is 83.0 cm³/mol. The first-order chi connectivity index (χ1) is 8.69. The summed E-state index contributed by atoms with van der Waals surface area (Å²) in [6.45, 7) is 2.15. The fraction of sp³-hybridized carbons (Fsp3) is 0.286. The molecule has 0 spiro atoms. The summed E-state index contributed by atoms with van der Waals surface area (Å²) in [4.78, 5) is 4.02. The molecule has 0 saturated carbocycles.